The summed E-state index contributed by atoms with van der Waals surface area (Å²) in [6, 6.07) is 2.62. The third-order valence-corrected chi connectivity index (χ3v) is 2.97. The van der Waals surface area contributed by atoms with Gasteiger partial charge in [-0.05, 0) is 12.1 Å². The minimum Gasteiger partial charge on any atom is -0.478 e. The summed E-state index contributed by atoms with van der Waals surface area (Å²) >= 11 is 0. The molecular formula is C12H13N3O4. The summed E-state index contributed by atoms with van der Waals surface area (Å²) in [5.74, 6) is -1.74. The number of hydrogen-bond acceptors (Lipinski definition) is 4. The number of anilines is 1. The first-order valence-electron chi connectivity index (χ1n) is 5.71. The van der Waals surface area contributed by atoms with Gasteiger partial charge < -0.3 is 15.3 Å². The lowest BCUT2D eigenvalue weighted by atomic mass is 10.1. The summed E-state index contributed by atoms with van der Waals surface area (Å²) in [6.07, 6.45) is 1.48. The first-order chi connectivity index (χ1) is 8.97. The monoisotopic (exact) mass is 263 g/mol. The van der Waals surface area contributed by atoms with E-state index in [1.807, 2.05) is 0 Å². The van der Waals surface area contributed by atoms with Crippen LogP contribution in [0.3, 0.4) is 0 Å². The topological polar surface area (TPSA) is 99.6 Å². The van der Waals surface area contributed by atoms with Gasteiger partial charge in [-0.3, -0.25) is 9.59 Å². The lowest BCUT2D eigenvalue weighted by molar-refractivity contribution is -0.127. The highest BCUT2D eigenvalue weighted by Crippen LogP contribution is 2.18. The van der Waals surface area contributed by atoms with Gasteiger partial charge in [0.15, 0.2) is 0 Å². The predicted molar refractivity (Wildman–Crippen MR) is 65.6 cm³/mol. The Hall–Kier alpha value is -2.44. The first kappa shape index (κ1) is 13.0. The molecule has 2 amide bonds. The van der Waals surface area contributed by atoms with Crippen molar-refractivity contribution >= 4 is 23.6 Å². The largest absolute Gasteiger partial charge is 0.478 e. The molecule has 1 aliphatic heterocycles. The fourth-order valence-electron chi connectivity index (χ4n) is 1.90. The molecule has 0 radical (unpaired) electrons. The summed E-state index contributed by atoms with van der Waals surface area (Å²) in [6.45, 7) is 0.364. The van der Waals surface area contributed by atoms with Crippen molar-refractivity contribution < 1.29 is 19.5 Å². The molecule has 1 atom stereocenters. The number of carboxylic acid groups (broad SMARTS) is 1. The average molecular weight is 263 g/mol. The minimum absolute atomic E-state index is 0.0462. The second-order valence-corrected chi connectivity index (χ2v) is 4.40. The van der Waals surface area contributed by atoms with Gasteiger partial charge in [0.05, 0.1) is 11.5 Å². The van der Waals surface area contributed by atoms with Gasteiger partial charge in [-0.1, -0.05) is 0 Å². The molecular weight excluding hydrogens is 250 g/mol. The van der Waals surface area contributed by atoms with Gasteiger partial charge in [0.2, 0.25) is 11.8 Å². The molecule has 0 bridgehead atoms. The van der Waals surface area contributed by atoms with Crippen molar-refractivity contribution in [1.82, 2.24) is 9.88 Å². The molecule has 0 aromatic carbocycles. The number of carbonyl (C=O) groups is 3. The summed E-state index contributed by atoms with van der Waals surface area (Å²) in [5.41, 5.74) is 0.0462. The van der Waals surface area contributed by atoms with Crippen molar-refractivity contribution in [1.29, 1.82) is 0 Å². The fraction of sp³-hybridized carbons (Fsp3) is 0.333. The van der Waals surface area contributed by atoms with Crippen LogP contribution in [0.15, 0.2) is 18.3 Å². The van der Waals surface area contributed by atoms with Crippen LogP contribution in [0.1, 0.15) is 16.8 Å². The maximum Gasteiger partial charge on any atom is 0.335 e. The van der Waals surface area contributed by atoms with Gasteiger partial charge in [-0.15, -0.1) is 0 Å². The van der Waals surface area contributed by atoms with E-state index in [9.17, 15) is 14.4 Å². The van der Waals surface area contributed by atoms with E-state index in [4.69, 9.17) is 5.11 Å². The second-order valence-electron chi connectivity index (χ2n) is 4.40. The Morgan fingerprint density at radius 3 is 2.84 bits per heavy atom. The van der Waals surface area contributed by atoms with E-state index in [-0.39, 0.29) is 29.6 Å². The standard InChI is InChI=1S/C12H13N3O4/c1-15-6-8(5-10(15)16)11(17)14-9-4-7(12(18)19)2-3-13-9/h2-4,8H,5-6H2,1H3,(H,18,19)(H,13,14,17). The van der Waals surface area contributed by atoms with Gasteiger partial charge >= 0.3 is 5.97 Å². The highest BCUT2D eigenvalue weighted by molar-refractivity contribution is 5.97. The maximum atomic E-state index is 11.9. The van der Waals surface area contributed by atoms with Crippen LogP contribution >= 0.6 is 0 Å². The molecule has 1 saturated heterocycles. The molecule has 1 aromatic rings. The van der Waals surface area contributed by atoms with E-state index in [0.717, 1.165) is 0 Å². The quantitative estimate of drug-likeness (QED) is 0.811. The molecule has 0 aliphatic carbocycles. The molecule has 2 rings (SSSR count). The smallest absolute Gasteiger partial charge is 0.335 e. The van der Waals surface area contributed by atoms with E-state index >= 15 is 0 Å². The Bertz CT molecular complexity index is 544. The van der Waals surface area contributed by atoms with Crippen LogP contribution in [0, 0.1) is 5.92 Å². The van der Waals surface area contributed by atoms with E-state index in [1.54, 1.807) is 7.05 Å². The second kappa shape index (κ2) is 5.05. The number of amides is 2. The number of likely N-dealkylation sites (tertiary alicyclic amines) is 1. The molecule has 7 heteroatoms. The van der Waals surface area contributed by atoms with Crippen molar-refractivity contribution in [2.45, 2.75) is 6.42 Å². The Labute approximate surface area is 109 Å². The van der Waals surface area contributed by atoms with E-state index in [1.165, 1.54) is 23.2 Å². The molecule has 1 aromatic heterocycles. The Morgan fingerprint density at radius 1 is 1.53 bits per heavy atom. The number of carbonyl (C=O) groups excluding carboxylic acids is 2. The highest BCUT2D eigenvalue weighted by atomic mass is 16.4. The van der Waals surface area contributed by atoms with Crippen LogP contribution in [0.2, 0.25) is 0 Å². The normalized spacial score (nSPS) is 18.5. The van der Waals surface area contributed by atoms with Crippen LogP contribution in [-0.2, 0) is 9.59 Å². The Kier molecular flexibility index (Phi) is 3.46. The molecule has 2 N–H and O–H groups in total. The van der Waals surface area contributed by atoms with Crippen LogP contribution in [0.25, 0.3) is 0 Å². The number of aromatic carboxylic acids is 1. The van der Waals surface area contributed by atoms with Gasteiger partial charge in [0.1, 0.15) is 5.82 Å². The molecule has 100 valence electrons. The Morgan fingerprint density at radius 2 is 2.26 bits per heavy atom. The van der Waals surface area contributed by atoms with E-state index < -0.39 is 11.9 Å². The molecule has 0 saturated carbocycles. The number of carboxylic acids is 1. The lowest BCUT2D eigenvalue weighted by Gasteiger charge is -2.10. The van der Waals surface area contributed by atoms with Gasteiger partial charge in [0, 0.05) is 26.2 Å². The number of nitrogens with one attached hydrogen (secondary N) is 1. The summed E-state index contributed by atoms with van der Waals surface area (Å²) in [4.78, 5) is 39.4. The zero-order valence-electron chi connectivity index (χ0n) is 10.3. The molecule has 0 spiro atoms. The fourth-order valence-corrected chi connectivity index (χ4v) is 1.90. The molecule has 1 unspecified atom stereocenters. The minimum atomic E-state index is -1.09. The first-order valence-corrected chi connectivity index (χ1v) is 5.71. The average Bonchev–Trinajstić information content (AvgIpc) is 2.70. The molecule has 1 aliphatic rings. The third-order valence-electron chi connectivity index (χ3n) is 2.97. The van der Waals surface area contributed by atoms with Crippen LogP contribution in [-0.4, -0.2) is 46.4 Å². The number of rotatable bonds is 3. The Balaban J connectivity index is 2.05. The maximum absolute atomic E-state index is 11.9. The van der Waals surface area contributed by atoms with Crippen molar-refractivity contribution in [3.05, 3.63) is 23.9 Å². The SMILES string of the molecule is CN1CC(C(=O)Nc2cc(C(=O)O)ccn2)CC1=O. The van der Waals surface area contributed by atoms with E-state index in [0.29, 0.717) is 6.54 Å². The number of aromatic nitrogens is 1. The summed E-state index contributed by atoms with van der Waals surface area (Å²) in [7, 11) is 1.64. The van der Waals surface area contributed by atoms with Gasteiger partial charge in [0.25, 0.3) is 0 Å². The third kappa shape index (κ3) is 2.87. The zero-order chi connectivity index (χ0) is 14.0. The van der Waals surface area contributed by atoms with E-state index in [2.05, 4.69) is 10.3 Å². The van der Waals surface area contributed by atoms with Crippen LogP contribution in [0.4, 0.5) is 5.82 Å². The molecule has 7 nitrogen and oxygen atoms in total. The van der Waals surface area contributed by atoms with Gasteiger partial charge in [-0.25, -0.2) is 9.78 Å². The molecule has 1 fully saturated rings. The van der Waals surface area contributed by atoms with Crippen molar-refractivity contribution in [3.8, 4) is 0 Å². The van der Waals surface area contributed by atoms with Crippen molar-refractivity contribution in [2.75, 3.05) is 18.9 Å². The summed E-state index contributed by atoms with van der Waals surface area (Å²) in [5, 5.41) is 11.4. The number of hydrogen-bond donors (Lipinski definition) is 2. The lowest BCUT2D eigenvalue weighted by Crippen LogP contribution is -2.26. The van der Waals surface area contributed by atoms with Gasteiger partial charge in [-0.2, -0.15) is 0 Å². The molecule has 2 heterocycles. The number of nitrogens with zero attached hydrogens (tertiary/aromatic N) is 2. The predicted octanol–water partition coefficient (Wildman–Crippen LogP) is 0.197. The zero-order valence-corrected chi connectivity index (χ0v) is 10.3. The number of pyridine rings is 1. The molecule has 19 heavy (non-hydrogen) atoms. The van der Waals surface area contributed by atoms with Crippen LogP contribution in [0.5, 0.6) is 0 Å². The van der Waals surface area contributed by atoms with Crippen LogP contribution < -0.4 is 5.32 Å². The van der Waals surface area contributed by atoms with Crippen molar-refractivity contribution in [3.63, 3.8) is 0 Å². The van der Waals surface area contributed by atoms with Crippen molar-refractivity contribution in [2.24, 2.45) is 5.92 Å². The summed E-state index contributed by atoms with van der Waals surface area (Å²) < 4.78 is 0. The highest BCUT2D eigenvalue weighted by Gasteiger charge is 2.32.